The summed E-state index contributed by atoms with van der Waals surface area (Å²) in [6.07, 6.45) is 6.53. The van der Waals surface area contributed by atoms with E-state index in [1.807, 2.05) is 0 Å². The quantitative estimate of drug-likeness (QED) is 0.814. The summed E-state index contributed by atoms with van der Waals surface area (Å²) in [5.41, 5.74) is 6.34. The highest BCUT2D eigenvalue weighted by molar-refractivity contribution is 6.33. The van der Waals surface area contributed by atoms with Gasteiger partial charge in [-0.2, -0.15) is 0 Å². The van der Waals surface area contributed by atoms with Crippen LogP contribution in [0.4, 0.5) is 11.5 Å². The van der Waals surface area contributed by atoms with Crippen LogP contribution in [-0.4, -0.2) is 10.5 Å². The molecule has 1 saturated carbocycles. The second-order valence-corrected chi connectivity index (χ2v) is 4.90. The van der Waals surface area contributed by atoms with Crippen molar-refractivity contribution in [2.75, 3.05) is 11.1 Å². The van der Waals surface area contributed by atoms with Crippen LogP contribution in [0.3, 0.4) is 0 Å². The minimum absolute atomic E-state index is 0.146. The monoisotopic (exact) mass is 225 g/mol. The first-order valence-corrected chi connectivity index (χ1v) is 5.66. The Bertz CT molecular complexity index is 359. The van der Waals surface area contributed by atoms with Crippen molar-refractivity contribution in [1.82, 2.24) is 4.98 Å². The molecule has 1 aromatic rings. The van der Waals surface area contributed by atoms with Crippen LogP contribution >= 0.6 is 11.6 Å². The molecule has 0 aromatic carbocycles. The Kier molecular flexibility index (Phi) is 2.74. The minimum Gasteiger partial charge on any atom is -0.397 e. The van der Waals surface area contributed by atoms with E-state index in [2.05, 4.69) is 17.2 Å². The number of anilines is 2. The normalized spacial score (nSPS) is 19.1. The van der Waals surface area contributed by atoms with Crippen molar-refractivity contribution >= 4 is 23.1 Å². The molecular weight excluding hydrogens is 210 g/mol. The van der Waals surface area contributed by atoms with Crippen LogP contribution in [0.2, 0.25) is 5.02 Å². The number of aromatic nitrogens is 1. The summed E-state index contributed by atoms with van der Waals surface area (Å²) in [5, 5.41) is 4.01. The molecule has 0 atom stereocenters. The predicted molar refractivity (Wildman–Crippen MR) is 64.2 cm³/mol. The molecule has 1 aromatic heterocycles. The van der Waals surface area contributed by atoms with Gasteiger partial charge in [0.2, 0.25) is 0 Å². The Labute approximate surface area is 95.0 Å². The van der Waals surface area contributed by atoms with E-state index in [4.69, 9.17) is 17.3 Å². The average molecular weight is 226 g/mol. The summed E-state index contributed by atoms with van der Waals surface area (Å²) in [4.78, 5) is 4.22. The predicted octanol–water partition coefficient (Wildman–Crippen LogP) is 3.06. The van der Waals surface area contributed by atoms with Gasteiger partial charge in [0, 0.05) is 5.54 Å². The third-order valence-electron chi connectivity index (χ3n) is 2.99. The molecule has 1 aliphatic carbocycles. The van der Waals surface area contributed by atoms with Crippen LogP contribution in [-0.2, 0) is 0 Å². The van der Waals surface area contributed by atoms with Crippen molar-refractivity contribution in [2.24, 2.45) is 0 Å². The van der Waals surface area contributed by atoms with Crippen molar-refractivity contribution in [3.8, 4) is 0 Å². The van der Waals surface area contributed by atoms with E-state index in [0.717, 1.165) is 5.82 Å². The fourth-order valence-electron chi connectivity index (χ4n) is 2.11. The molecule has 3 nitrogen and oxygen atoms in total. The van der Waals surface area contributed by atoms with Crippen molar-refractivity contribution in [3.63, 3.8) is 0 Å². The third-order valence-corrected chi connectivity index (χ3v) is 3.28. The summed E-state index contributed by atoms with van der Waals surface area (Å²) in [6.45, 7) is 2.22. The number of pyridine rings is 1. The summed E-state index contributed by atoms with van der Waals surface area (Å²) in [7, 11) is 0. The lowest BCUT2D eigenvalue weighted by atomic mass is 10.0. The van der Waals surface area contributed by atoms with E-state index in [-0.39, 0.29) is 5.54 Å². The van der Waals surface area contributed by atoms with Crippen LogP contribution in [0.15, 0.2) is 12.3 Å². The van der Waals surface area contributed by atoms with Gasteiger partial charge in [-0.15, -0.1) is 0 Å². The van der Waals surface area contributed by atoms with E-state index in [1.165, 1.54) is 25.7 Å². The standard InChI is InChI=1S/C11H16ClN3/c1-11(4-2-3-5-11)15-10-9(12)6-8(13)7-14-10/h6-7H,2-5,13H2,1H3,(H,14,15). The maximum Gasteiger partial charge on any atom is 0.145 e. The molecule has 0 radical (unpaired) electrons. The average Bonchev–Trinajstić information content (AvgIpc) is 2.58. The highest BCUT2D eigenvalue weighted by Gasteiger charge is 2.29. The number of rotatable bonds is 2. The van der Waals surface area contributed by atoms with Gasteiger partial charge in [0.05, 0.1) is 16.9 Å². The maximum absolute atomic E-state index is 6.06. The van der Waals surface area contributed by atoms with Crippen LogP contribution in [0, 0.1) is 0 Å². The highest BCUT2D eigenvalue weighted by atomic mass is 35.5. The number of halogens is 1. The summed E-state index contributed by atoms with van der Waals surface area (Å²) < 4.78 is 0. The van der Waals surface area contributed by atoms with Gasteiger partial charge in [0.25, 0.3) is 0 Å². The van der Waals surface area contributed by atoms with Gasteiger partial charge in [-0.05, 0) is 25.8 Å². The molecule has 1 heterocycles. The largest absolute Gasteiger partial charge is 0.397 e. The van der Waals surface area contributed by atoms with Gasteiger partial charge in [-0.25, -0.2) is 4.98 Å². The number of nitrogen functional groups attached to an aromatic ring is 1. The van der Waals surface area contributed by atoms with Gasteiger partial charge in [0.15, 0.2) is 0 Å². The van der Waals surface area contributed by atoms with E-state index in [1.54, 1.807) is 12.3 Å². The Balaban J connectivity index is 2.16. The lowest BCUT2D eigenvalue weighted by Gasteiger charge is -2.26. The third kappa shape index (κ3) is 2.34. The fourth-order valence-corrected chi connectivity index (χ4v) is 2.33. The fraction of sp³-hybridized carbons (Fsp3) is 0.545. The zero-order valence-electron chi connectivity index (χ0n) is 8.89. The van der Waals surface area contributed by atoms with Gasteiger partial charge in [0.1, 0.15) is 5.82 Å². The van der Waals surface area contributed by atoms with Crippen molar-refractivity contribution in [1.29, 1.82) is 0 Å². The second kappa shape index (κ2) is 3.89. The van der Waals surface area contributed by atoms with Crippen LogP contribution in [0.5, 0.6) is 0 Å². The SMILES string of the molecule is CC1(Nc2ncc(N)cc2Cl)CCCC1. The molecule has 0 saturated heterocycles. The van der Waals surface area contributed by atoms with Crippen molar-refractivity contribution in [2.45, 2.75) is 38.1 Å². The Hall–Kier alpha value is -0.960. The van der Waals surface area contributed by atoms with Gasteiger partial charge in [-0.3, -0.25) is 0 Å². The molecule has 82 valence electrons. The van der Waals surface area contributed by atoms with Gasteiger partial charge in [-0.1, -0.05) is 24.4 Å². The zero-order valence-corrected chi connectivity index (χ0v) is 9.64. The topological polar surface area (TPSA) is 50.9 Å². The van der Waals surface area contributed by atoms with E-state index in [9.17, 15) is 0 Å². The van der Waals surface area contributed by atoms with Gasteiger partial charge >= 0.3 is 0 Å². The molecule has 4 heteroatoms. The zero-order chi connectivity index (χ0) is 10.9. The molecule has 2 rings (SSSR count). The molecule has 3 N–H and O–H groups in total. The summed E-state index contributed by atoms with van der Waals surface area (Å²) in [6, 6.07) is 1.73. The van der Waals surface area contributed by atoms with Crippen molar-refractivity contribution in [3.05, 3.63) is 17.3 Å². The maximum atomic E-state index is 6.06. The van der Waals surface area contributed by atoms with Crippen molar-refractivity contribution < 1.29 is 0 Å². The number of nitrogens with two attached hydrogens (primary N) is 1. The first-order chi connectivity index (χ1) is 7.09. The first-order valence-electron chi connectivity index (χ1n) is 5.28. The van der Waals surface area contributed by atoms with E-state index >= 15 is 0 Å². The highest BCUT2D eigenvalue weighted by Crippen LogP contribution is 2.34. The van der Waals surface area contributed by atoms with Gasteiger partial charge < -0.3 is 11.1 Å². The molecule has 1 aliphatic rings. The molecule has 1 fully saturated rings. The second-order valence-electron chi connectivity index (χ2n) is 4.49. The smallest absolute Gasteiger partial charge is 0.145 e. The van der Waals surface area contributed by atoms with Crippen LogP contribution in [0.25, 0.3) is 0 Å². The Morgan fingerprint density at radius 3 is 2.73 bits per heavy atom. The lowest BCUT2D eigenvalue weighted by Crippen LogP contribution is -2.31. The number of nitrogens with zero attached hydrogens (tertiary/aromatic N) is 1. The summed E-state index contributed by atoms with van der Waals surface area (Å²) >= 11 is 6.06. The van der Waals surface area contributed by atoms with Crippen LogP contribution < -0.4 is 11.1 Å². The van der Waals surface area contributed by atoms with Crippen LogP contribution in [0.1, 0.15) is 32.6 Å². The lowest BCUT2D eigenvalue weighted by molar-refractivity contribution is 0.531. The Morgan fingerprint density at radius 1 is 1.47 bits per heavy atom. The Morgan fingerprint density at radius 2 is 2.13 bits per heavy atom. The number of nitrogens with one attached hydrogen (secondary N) is 1. The molecule has 0 bridgehead atoms. The first kappa shape index (κ1) is 10.6. The molecule has 0 aliphatic heterocycles. The molecular formula is C11H16ClN3. The minimum atomic E-state index is 0.146. The van der Waals surface area contributed by atoms with E-state index in [0.29, 0.717) is 10.7 Å². The number of hydrogen-bond acceptors (Lipinski definition) is 3. The molecule has 0 spiro atoms. The molecule has 15 heavy (non-hydrogen) atoms. The molecule has 0 amide bonds. The molecule has 0 unspecified atom stereocenters. The summed E-state index contributed by atoms with van der Waals surface area (Å²) in [5.74, 6) is 0.746. The number of hydrogen-bond donors (Lipinski definition) is 2. The van der Waals surface area contributed by atoms with E-state index < -0.39 is 0 Å².